The first-order valence-corrected chi connectivity index (χ1v) is 8.35. The molecule has 4 rings (SSSR count). The summed E-state index contributed by atoms with van der Waals surface area (Å²) in [7, 11) is 0. The van der Waals surface area contributed by atoms with E-state index in [-0.39, 0.29) is 24.6 Å². The lowest BCUT2D eigenvalue weighted by atomic mass is 9.92. The maximum absolute atomic E-state index is 12.3. The van der Waals surface area contributed by atoms with Crippen LogP contribution in [0.5, 0.6) is 0 Å². The average Bonchev–Trinajstić information content (AvgIpc) is 3.24. The number of hydrogen-bond acceptors (Lipinski definition) is 5. The van der Waals surface area contributed by atoms with Crippen molar-refractivity contribution in [1.82, 2.24) is 0 Å². The summed E-state index contributed by atoms with van der Waals surface area (Å²) in [5.74, 6) is -0.0978. The fourth-order valence-electron chi connectivity index (χ4n) is 4.57. The average molecular weight is 318 g/mol. The van der Waals surface area contributed by atoms with Crippen LogP contribution in [-0.2, 0) is 14.2 Å². The van der Waals surface area contributed by atoms with Gasteiger partial charge in [-0.15, -0.1) is 0 Å². The Kier molecular flexibility index (Phi) is 3.87. The van der Waals surface area contributed by atoms with Crippen molar-refractivity contribution in [3.05, 3.63) is 35.9 Å². The van der Waals surface area contributed by atoms with Crippen molar-refractivity contribution in [3.63, 3.8) is 0 Å². The number of fused-ring (bicyclic) bond motifs is 1. The second kappa shape index (κ2) is 5.89. The molecule has 0 bridgehead atoms. The zero-order valence-corrected chi connectivity index (χ0v) is 13.0. The van der Waals surface area contributed by atoms with Crippen LogP contribution in [0.15, 0.2) is 30.3 Å². The summed E-state index contributed by atoms with van der Waals surface area (Å²) >= 11 is 0. The molecule has 0 aromatic heterocycles. The highest BCUT2D eigenvalue weighted by Crippen LogP contribution is 2.54. The summed E-state index contributed by atoms with van der Waals surface area (Å²) in [6.07, 6.45) is 2.19. The number of benzene rings is 1. The van der Waals surface area contributed by atoms with Gasteiger partial charge in [-0.25, -0.2) is 4.79 Å². The number of rotatable bonds is 3. The van der Waals surface area contributed by atoms with Gasteiger partial charge in [-0.05, 0) is 30.4 Å². The van der Waals surface area contributed by atoms with Gasteiger partial charge in [0.05, 0.1) is 18.8 Å². The van der Waals surface area contributed by atoms with Crippen molar-refractivity contribution in [2.24, 2.45) is 17.8 Å². The molecule has 23 heavy (non-hydrogen) atoms. The van der Waals surface area contributed by atoms with Crippen LogP contribution in [0.2, 0.25) is 0 Å². The molecule has 4 atom stereocenters. The van der Waals surface area contributed by atoms with Crippen molar-refractivity contribution in [3.8, 4) is 0 Å². The second-order valence-electron chi connectivity index (χ2n) is 6.83. The van der Waals surface area contributed by atoms with Gasteiger partial charge in [0.1, 0.15) is 6.10 Å². The van der Waals surface area contributed by atoms with Crippen LogP contribution in [0.4, 0.5) is 0 Å². The largest absolute Gasteiger partial charge is 0.458 e. The highest BCUT2D eigenvalue weighted by molar-refractivity contribution is 5.89. The molecule has 5 nitrogen and oxygen atoms in total. The van der Waals surface area contributed by atoms with Gasteiger partial charge in [0.2, 0.25) is 0 Å². The standard InChI is InChI=1S/C18H22O5/c19-11-15-14-10-18(21-6-7-22-18)9-13(14)8-16(15)23-17(20)12-4-2-1-3-5-12/h1-5,13-16,19H,6-11H2/t13-,14+,15-,16-/m1/s1. The van der Waals surface area contributed by atoms with Gasteiger partial charge >= 0.3 is 5.97 Å². The van der Waals surface area contributed by atoms with E-state index in [2.05, 4.69) is 0 Å². The maximum Gasteiger partial charge on any atom is 0.338 e. The molecule has 1 heterocycles. The van der Waals surface area contributed by atoms with Gasteiger partial charge in [-0.1, -0.05) is 18.2 Å². The van der Waals surface area contributed by atoms with E-state index >= 15 is 0 Å². The van der Waals surface area contributed by atoms with Crippen LogP contribution in [0.3, 0.4) is 0 Å². The minimum Gasteiger partial charge on any atom is -0.458 e. The van der Waals surface area contributed by atoms with Gasteiger partial charge < -0.3 is 19.3 Å². The molecule has 3 aliphatic rings. The fourth-order valence-corrected chi connectivity index (χ4v) is 4.57. The minimum atomic E-state index is -0.447. The molecule has 0 amide bonds. The highest BCUT2D eigenvalue weighted by atomic mass is 16.7. The predicted molar refractivity (Wildman–Crippen MR) is 81.7 cm³/mol. The summed E-state index contributed by atoms with van der Waals surface area (Å²) in [4.78, 5) is 12.3. The molecule has 2 saturated carbocycles. The third-order valence-electron chi connectivity index (χ3n) is 5.58. The molecule has 5 heteroatoms. The van der Waals surface area contributed by atoms with Crippen molar-refractivity contribution >= 4 is 5.97 Å². The molecule has 3 fully saturated rings. The van der Waals surface area contributed by atoms with Crippen LogP contribution in [0, 0.1) is 17.8 Å². The Morgan fingerprint density at radius 3 is 2.65 bits per heavy atom. The molecule has 0 radical (unpaired) electrons. The molecule has 1 spiro atoms. The predicted octanol–water partition coefficient (Wildman–Crippen LogP) is 1.99. The third-order valence-corrected chi connectivity index (χ3v) is 5.58. The lowest BCUT2D eigenvalue weighted by Gasteiger charge is -2.27. The van der Waals surface area contributed by atoms with Crippen molar-refractivity contribution in [2.45, 2.75) is 31.2 Å². The topological polar surface area (TPSA) is 65.0 Å². The summed E-state index contributed by atoms with van der Waals surface area (Å²) in [6, 6.07) is 9.01. The van der Waals surface area contributed by atoms with E-state index in [0.717, 1.165) is 19.3 Å². The second-order valence-corrected chi connectivity index (χ2v) is 6.83. The Morgan fingerprint density at radius 2 is 1.96 bits per heavy atom. The molecule has 1 aromatic rings. The number of carbonyl (C=O) groups excluding carboxylic acids is 1. The maximum atomic E-state index is 12.3. The van der Waals surface area contributed by atoms with E-state index in [1.54, 1.807) is 12.1 Å². The molecule has 1 N–H and O–H groups in total. The molecule has 124 valence electrons. The lowest BCUT2D eigenvalue weighted by molar-refractivity contribution is -0.158. The zero-order chi connectivity index (χ0) is 15.9. The van der Waals surface area contributed by atoms with Gasteiger partial charge in [0, 0.05) is 25.4 Å². The van der Waals surface area contributed by atoms with Crippen molar-refractivity contribution in [2.75, 3.05) is 19.8 Å². The summed E-state index contributed by atoms with van der Waals surface area (Å²) < 4.78 is 17.3. The van der Waals surface area contributed by atoms with Gasteiger partial charge in [0.15, 0.2) is 5.79 Å². The van der Waals surface area contributed by atoms with Crippen molar-refractivity contribution in [1.29, 1.82) is 0 Å². The summed E-state index contributed by atoms with van der Waals surface area (Å²) in [5.41, 5.74) is 0.556. The van der Waals surface area contributed by atoms with Crippen LogP contribution >= 0.6 is 0 Å². The SMILES string of the molecule is O=C(O[C@@H]1C[C@@H]2CC3(C[C@@H]2[C@H]1CO)OCCO3)c1ccccc1. The Balaban J connectivity index is 1.44. The molecular weight excluding hydrogens is 296 g/mol. The minimum absolute atomic E-state index is 0.0279. The number of ether oxygens (including phenoxy) is 3. The first-order chi connectivity index (χ1) is 11.2. The zero-order valence-electron chi connectivity index (χ0n) is 13.0. The third kappa shape index (κ3) is 2.67. The Morgan fingerprint density at radius 1 is 1.22 bits per heavy atom. The molecule has 0 unspecified atom stereocenters. The van der Waals surface area contributed by atoms with E-state index in [0.29, 0.717) is 30.6 Å². The molecule has 1 aliphatic heterocycles. The first kappa shape index (κ1) is 15.1. The molecule has 2 aliphatic carbocycles. The monoisotopic (exact) mass is 318 g/mol. The number of carbonyl (C=O) groups is 1. The van der Waals surface area contributed by atoms with E-state index < -0.39 is 5.79 Å². The van der Waals surface area contributed by atoms with Gasteiger partial charge in [-0.3, -0.25) is 0 Å². The van der Waals surface area contributed by atoms with Crippen LogP contribution in [0.25, 0.3) is 0 Å². The van der Waals surface area contributed by atoms with E-state index in [9.17, 15) is 9.90 Å². The van der Waals surface area contributed by atoms with Crippen molar-refractivity contribution < 1.29 is 24.1 Å². The van der Waals surface area contributed by atoms with Crippen LogP contribution < -0.4 is 0 Å². The summed E-state index contributed by atoms with van der Waals surface area (Å²) in [5, 5.41) is 9.83. The van der Waals surface area contributed by atoms with Crippen LogP contribution in [0.1, 0.15) is 29.6 Å². The Bertz CT molecular complexity index is 566. The Labute approximate surface area is 135 Å². The van der Waals surface area contributed by atoms with E-state index in [1.165, 1.54) is 0 Å². The number of aliphatic hydroxyl groups excluding tert-OH is 1. The van der Waals surface area contributed by atoms with E-state index in [4.69, 9.17) is 14.2 Å². The smallest absolute Gasteiger partial charge is 0.338 e. The van der Waals surface area contributed by atoms with Crippen LogP contribution in [-0.4, -0.2) is 42.8 Å². The highest BCUT2D eigenvalue weighted by Gasteiger charge is 2.57. The number of esters is 1. The number of aliphatic hydroxyl groups is 1. The number of hydrogen-bond donors (Lipinski definition) is 1. The molecule has 1 aromatic carbocycles. The van der Waals surface area contributed by atoms with Gasteiger partial charge in [0.25, 0.3) is 0 Å². The fraction of sp³-hybridized carbons (Fsp3) is 0.611. The molecule has 1 saturated heterocycles. The normalized spacial score (nSPS) is 34.7. The quantitative estimate of drug-likeness (QED) is 0.864. The van der Waals surface area contributed by atoms with Gasteiger partial charge in [-0.2, -0.15) is 0 Å². The van der Waals surface area contributed by atoms with E-state index in [1.807, 2.05) is 18.2 Å². The lowest BCUT2D eigenvalue weighted by Crippen LogP contribution is -2.33. The summed E-state index contributed by atoms with van der Waals surface area (Å²) in [6.45, 7) is 1.33. The molecular formula is C18H22O5. The Hall–Kier alpha value is -1.43. The first-order valence-electron chi connectivity index (χ1n) is 8.35.